The molecule has 0 aromatic carbocycles. The van der Waals surface area contributed by atoms with E-state index in [-0.39, 0.29) is 5.97 Å². The SMILES string of the molecule is CC[N+](=C=S)OC(C)=O. The molecule has 0 amide bonds. The number of isothiocyanates is 1. The number of nitrogens with zero attached hydrogens (tertiary/aromatic N) is 1. The van der Waals surface area contributed by atoms with E-state index >= 15 is 0 Å². The van der Waals surface area contributed by atoms with Gasteiger partial charge in [0, 0.05) is 18.6 Å². The van der Waals surface area contributed by atoms with Crippen molar-refractivity contribution in [2.75, 3.05) is 6.54 Å². The van der Waals surface area contributed by atoms with Crippen LogP contribution >= 0.6 is 12.2 Å². The highest BCUT2D eigenvalue weighted by atomic mass is 32.1. The van der Waals surface area contributed by atoms with E-state index in [1.807, 2.05) is 6.92 Å². The lowest BCUT2D eigenvalue weighted by molar-refractivity contribution is -0.753. The van der Waals surface area contributed by atoms with Gasteiger partial charge in [-0.3, -0.25) is 0 Å². The number of thiocarbonyl (C=S) groups is 1. The summed E-state index contributed by atoms with van der Waals surface area (Å²) in [6.07, 6.45) is 0. The standard InChI is InChI=1S/C5H8NO2S/c1-3-6(4-9)8-5(2)7/h3H2,1-2H3/q+1. The molecule has 0 radical (unpaired) electrons. The Labute approximate surface area is 58.9 Å². The topological polar surface area (TPSA) is 29.3 Å². The molecule has 0 saturated carbocycles. The van der Waals surface area contributed by atoms with E-state index in [1.165, 1.54) is 6.92 Å². The third-order valence-electron chi connectivity index (χ3n) is 0.628. The van der Waals surface area contributed by atoms with E-state index in [0.717, 1.165) is 4.74 Å². The Hall–Kier alpha value is -0.730. The lowest BCUT2D eigenvalue weighted by Gasteiger charge is -1.88. The maximum absolute atomic E-state index is 10.2. The van der Waals surface area contributed by atoms with Gasteiger partial charge in [-0.1, -0.05) is 0 Å². The highest BCUT2D eigenvalue weighted by Gasteiger charge is 2.03. The summed E-state index contributed by atoms with van der Waals surface area (Å²) in [4.78, 5) is 14.7. The second-order valence-electron chi connectivity index (χ2n) is 1.37. The minimum absolute atomic E-state index is 0.380. The van der Waals surface area contributed by atoms with Crippen LogP contribution in [-0.4, -0.2) is 22.4 Å². The molecule has 0 unspecified atom stereocenters. The molecule has 50 valence electrons. The lowest BCUT2D eigenvalue weighted by atomic mass is 10.8. The Morgan fingerprint density at radius 1 is 1.89 bits per heavy atom. The summed E-state index contributed by atoms with van der Waals surface area (Å²) in [7, 11) is 0. The molecule has 0 aliphatic heterocycles. The third-order valence-corrected chi connectivity index (χ3v) is 0.831. The Balaban J connectivity index is 3.87. The van der Waals surface area contributed by atoms with Crippen molar-refractivity contribution in [2.45, 2.75) is 13.8 Å². The predicted octanol–water partition coefficient (Wildman–Crippen LogP) is 0.600. The first-order chi connectivity index (χ1) is 4.20. The Morgan fingerprint density at radius 3 is 2.56 bits per heavy atom. The first-order valence-electron chi connectivity index (χ1n) is 2.54. The summed E-state index contributed by atoms with van der Waals surface area (Å²) in [5, 5.41) is 2.26. The zero-order valence-corrected chi connectivity index (χ0v) is 6.20. The predicted molar refractivity (Wildman–Crippen MR) is 35.2 cm³/mol. The van der Waals surface area contributed by atoms with Crippen molar-refractivity contribution in [2.24, 2.45) is 0 Å². The maximum atomic E-state index is 10.2. The second kappa shape index (κ2) is 4.18. The molecule has 0 atom stereocenters. The van der Waals surface area contributed by atoms with Gasteiger partial charge in [0.1, 0.15) is 0 Å². The average Bonchev–Trinajstić information content (AvgIpc) is 1.82. The molecule has 9 heavy (non-hydrogen) atoms. The zero-order chi connectivity index (χ0) is 7.28. The van der Waals surface area contributed by atoms with Gasteiger partial charge >= 0.3 is 11.1 Å². The van der Waals surface area contributed by atoms with E-state index in [9.17, 15) is 4.79 Å². The molecule has 0 fully saturated rings. The van der Waals surface area contributed by atoms with Crippen LogP contribution in [0.1, 0.15) is 13.8 Å². The van der Waals surface area contributed by atoms with Gasteiger partial charge < -0.3 is 0 Å². The van der Waals surface area contributed by atoms with Crippen LogP contribution in [0.25, 0.3) is 0 Å². The first kappa shape index (κ1) is 8.27. The molecule has 0 aromatic heterocycles. The average molecular weight is 146 g/mol. The number of hydrogen-bond donors (Lipinski definition) is 0. The highest BCUT2D eigenvalue weighted by Crippen LogP contribution is 1.76. The number of carbonyl (C=O) groups excluding carboxylic acids is 1. The largest absolute Gasteiger partial charge is 0.377 e. The molecular weight excluding hydrogens is 138 g/mol. The summed E-state index contributed by atoms with van der Waals surface area (Å²) >= 11 is 4.39. The van der Waals surface area contributed by atoms with E-state index in [2.05, 4.69) is 22.2 Å². The van der Waals surface area contributed by atoms with Gasteiger partial charge in [-0.2, -0.15) is 4.84 Å². The van der Waals surface area contributed by atoms with Crippen LogP contribution in [0.2, 0.25) is 0 Å². The van der Waals surface area contributed by atoms with Crippen molar-refractivity contribution in [3.63, 3.8) is 0 Å². The van der Waals surface area contributed by atoms with Crippen molar-refractivity contribution < 1.29 is 14.4 Å². The molecule has 0 heterocycles. The third kappa shape index (κ3) is 3.82. The van der Waals surface area contributed by atoms with Gasteiger partial charge in [-0.25, -0.2) is 4.79 Å². The van der Waals surface area contributed by atoms with Crippen LogP contribution in [-0.2, 0) is 9.63 Å². The van der Waals surface area contributed by atoms with Gasteiger partial charge in [-0.15, -0.1) is 0 Å². The van der Waals surface area contributed by atoms with Crippen molar-refractivity contribution in [3.05, 3.63) is 0 Å². The molecule has 0 N–H and O–H groups in total. The summed E-state index contributed by atoms with van der Waals surface area (Å²) in [5.74, 6) is -0.380. The van der Waals surface area contributed by atoms with Crippen LogP contribution in [0.4, 0.5) is 0 Å². The van der Waals surface area contributed by atoms with Crippen LogP contribution in [0.3, 0.4) is 0 Å². The zero-order valence-electron chi connectivity index (χ0n) is 5.38. The van der Waals surface area contributed by atoms with Gasteiger partial charge in [0.25, 0.3) is 0 Å². The number of hydrogen-bond acceptors (Lipinski definition) is 3. The van der Waals surface area contributed by atoms with Crippen LogP contribution < -0.4 is 0 Å². The van der Waals surface area contributed by atoms with E-state index in [1.54, 1.807) is 0 Å². The normalized spacial score (nSPS) is 7.78. The molecule has 0 bridgehead atoms. The molecule has 3 nitrogen and oxygen atoms in total. The van der Waals surface area contributed by atoms with Gasteiger partial charge in [-0.05, 0) is 0 Å². The highest BCUT2D eigenvalue weighted by molar-refractivity contribution is 7.78. The molecular formula is C5H8NO2S+. The van der Waals surface area contributed by atoms with Crippen molar-refractivity contribution in [1.29, 1.82) is 0 Å². The van der Waals surface area contributed by atoms with Gasteiger partial charge in [0.2, 0.25) is 6.54 Å². The second-order valence-corrected chi connectivity index (χ2v) is 1.55. The van der Waals surface area contributed by atoms with Gasteiger partial charge in [0.05, 0.1) is 12.2 Å². The quantitative estimate of drug-likeness (QED) is 0.188. The monoisotopic (exact) mass is 146 g/mol. The number of hydroxylamine groups is 1. The van der Waals surface area contributed by atoms with E-state index in [0.29, 0.717) is 6.54 Å². The molecule has 0 aromatic rings. The van der Waals surface area contributed by atoms with Crippen molar-refractivity contribution in [1.82, 2.24) is 0 Å². The number of carbonyl (C=O) groups is 1. The minimum Gasteiger partial charge on any atom is -0.245 e. The molecule has 0 saturated heterocycles. The Bertz CT molecular complexity index is 160. The van der Waals surface area contributed by atoms with Crippen LogP contribution in [0.15, 0.2) is 0 Å². The first-order valence-corrected chi connectivity index (χ1v) is 2.95. The maximum Gasteiger partial charge on any atom is 0.377 e. The molecule has 0 spiro atoms. The van der Waals surface area contributed by atoms with E-state index in [4.69, 9.17) is 0 Å². The van der Waals surface area contributed by atoms with Crippen molar-refractivity contribution >= 4 is 23.3 Å². The summed E-state index contributed by atoms with van der Waals surface area (Å²) in [6, 6.07) is 0. The fourth-order valence-corrected chi connectivity index (χ4v) is 0.469. The van der Waals surface area contributed by atoms with Gasteiger partial charge in [0.15, 0.2) is 0 Å². The van der Waals surface area contributed by atoms with Crippen LogP contribution in [0.5, 0.6) is 0 Å². The molecule has 0 rings (SSSR count). The van der Waals surface area contributed by atoms with Crippen molar-refractivity contribution in [3.8, 4) is 0 Å². The molecule has 0 aliphatic carbocycles. The fourth-order valence-electron chi connectivity index (χ4n) is 0.303. The summed E-state index contributed by atoms with van der Waals surface area (Å²) < 4.78 is 1.16. The molecule has 4 heteroatoms. The lowest BCUT2D eigenvalue weighted by Crippen LogP contribution is -2.13. The Kier molecular flexibility index (Phi) is 3.84. The number of rotatable bonds is 2. The molecule has 0 aliphatic rings. The fraction of sp³-hybridized carbons (Fsp3) is 0.600. The smallest absolute Gasteiger partial charge is 0.245 e. The Morgan fingerprint density at radius 2 is 2.44 bits per heavy atom. The van der Waals surface area contributed by atoms with E-state index < -0.39 is 0 Å². The van der Waals surface area contributed by atoms with Crippen LogP contribution in [0, 0.1) is 0 Å². The minimum atomic E-state index is -0.380. The summed E-state index contributed by atoms with van der Waals surface area (Å²) in [6.45, 7) is 3.65. The summed E-state index contributed by atoms with van der Waals surface area (Å²) in [5.41, 5.74) is 0.